The number of rotatable bonds is 10. The molecule has 0 saturated carbocycles. The standard InChI is InChI=1S/C21H22F2N4O2/c22-18-10-6-16(7-11-18)14-24-26-20(28)4-2-1-3-5-21(29)27-25-15-17-8-12-19(23)13-9-17/h6-15H,1-5H2,(H,26,28)(H,27,29). The number of halogens is 2. The summed E-state index contributed by atoms with van der Waals surface area (Å²) in [6.45, 7) is 0. The molecule has 29 heavy (non-hydrogen) atoms. The molecule has 0 radical (unpaired) electrons. The van der Waals surface area contributed by atoms with Crippen LogP contribution < -0.4 is 10.9 Å². The lowest BCUT2D eigenvalue weighted by molar-refractivity contribution is -0.121. The highest BCUT2D eigenvalue weighted by molar-refractivity contribution is 5.83. The van der Waals surface area contributed by atoms with Gasteiger partial charge in [0.25, 0.3) is 0 Å². The van der Waals surface area contributed by atoms with E-state index in [-0.39, 0.29) is 23.4 Å². The fourth-order valence-corrected chi connectivity index (χ4v) is 2.32. The lowest BCUT2D eigenvalue weighted by Gasteiger charge is -2.01. The van der Waals surface area contributed by atoms with Gasteiger partial charge in [0.2, 0.25) is 11.8 Å². The molecule has 0 heterocycles. The van der Waals surface area contributed by atoms with Gasteiger partial charge in [0.1, 0.15) is 11.6 Å². The number of unbranched alkanes of at least 4 members (excludes halogenated alkanes) is 2. The number of carbonyl (C=O) groups excluding carboxylic acids is 2. The third-order valence-corrected chi connectivity index (χ3v) is 3.85. The molecule has 0 atom stereocenters. The molecule has 2 aromatic carbocycles. The Morgan fingerprint density at radius 3 is 1.45 bits per heavy atom. The van der Waals surface area contributed by atoms with Crippen molar-refractivity contribution in [3.63, 3.8) is 0 Å². The van der Waals surface area contributed by atoms with E-state index in [1.54, 1.807) is 24.3 Å². The predicted octanol–water partition coefficient (Wildman–Crippen LogP) is 3.52. The van der Waals surface area contributed by atoms with Gasteiger partial charge in [-0.3, -0.25) is 9.59 Å². The Bertz CT molecular complexity index is 778. The van der Waals surface area contributed by atoms with Crippen molar-refractivity contribution < 1.29 is 18.4 Å². The molecule has 0 unspecified atom stereocenters. The number of hydrazone groups is 2. The largest absolute Gasteiger partial charge is 0.273 e. The summed E-state index contributed by atoms with van der Waals surface area (Å²) in [5.41, 5.74) is 6.18. The molecule has 2 aromatic rings. The molecule has 2 rings (SSSR count). The lowest BCUT2D eigenvalue weighted by atomic mass is 10.1. The van der Waals surface area contributed by atoms with Crippen LogP contribution in [-0.2, 0) is 9.59 Å². The van der Waals surface area contributed by atoms with Gasteiger partial charge < -0.3 is 0 Å². The van der Waals surface area contributed by atoms with Crippen molar-refractivity contribution in [2.45, 2.75) is 32.1 Å². The molecule has 0 bridgehead atoms. The summed E-state index contributed by atoms with van der Waals surface area (Å²) in [6, 6.07) is 11.5. The number of hydrogen-bond donors (Lipinski definition) is 2. The van der Waals surface area contributed by atoms with Gasteiger partial charge in [0, 0.05) is 12.8 Å². The second-order valence-electron chi connectivity index (χ2n) is 6.25. The first-order chi connectivity index (χ1) is 14.0. The Kier molecular flexibility index (Phi) is 9.14. The van der Waals surface area contributed by atoms with E-state index in [9.17, 15) is 18.4 Å². The van der Waals surface area contributed by atoms with Gasteiger partial charge in [-0.25, -0.2) is 19.6 Å². The Morgan fingerprint density at radius 1 is 0.690 bits per heavy atom. The Hall–Kier alpha value is -3.42. The van der Waals surface area contributed by atoms with E-state index >= 15 is 0 Å². The van der Waals surface area contributed by atoms with Crippen LogP contribution in [0.3, 0.4) is 0 Å². The first kappa shape index (κ1) is 21.9. The zero-order valence-corrected chi connectivity index (χ0v) is 15.8. The molecule has 152 valence electrons. The van der Waals surface area contributed by atoms with E-state index < -0.39 is 0 Å². The monoisotopic (exact) mass is 400 g/mol. The smallest absolute Gasteiger partial charge is 0.240 e. The normalized spacial score (nSPS) is 11.1. The first-order valence-electron chi connectivity index (χ1n) is 9.18. The molecule has 6 nitrogen and oxygen atoms in total. The maximum atomic E-state index is 12.8. The summed E-state index contributed by atoms with van der Waals surface area (Å²) in [7, 11) is 0. The Balaban J connectivity index is 1.53. The van der Waals surface area contributed by atoms with Crippen molar-refractivity contribution in [1.82, 2.24) is 10.9 Å². The van der Waals surface area contributed by atoms with Gasteiger partial charge in [-0.05, 0) is 48.2 Å². The fourth-order valence-electron chi connectivity index (χ4n) is 2.32. The zero-order valence-electron chi connectivity index (χ0n) is 15.8. The third-order valence-electron chi connectivity index (χ3n) is 3.85. The van der Waals surface area contributed by atoms with Crippen LogP contribution in [0.25, 0.3) is 0 Å². The highest BCUT2D eigenvalue weighted by Gasteiger charge is 2.02. The van der Waals surface area contributed by atoms with Crippen molar-refractivity contribution in [1.29, 1.82) is 0 Å². The molecule has 0 fully saturated rings. The maximum Gasteiger partial charge on any atom is 0.240 e. The fraction of sp³-hybridized carbons (Fsp3) is 0.238. The number of amides is 2. The van der Waals surface area contributed by atoms with Gasteiger partial charge in [-0.2, -0.15) is 10.2 Å². The SMILES string of the molecule is O=C(CCCCCC(=O)NN=Cc1ccc(F)cc1)NN=Cc1ccc(F)cc1. The quantitative estimate of drug-likeness (QED) is 0.363. The lowest BCUT2D eigenvalue weighted by Crippen LogP contribution is -2.18. The van der Waals surface area contributed by atoms with Gasteiger partial charge in [-0.15, -0.1) is 0 Å². The van der Waals surface area contributed by atoms with Crippen LogP contribution >= 0.6 is 0 Å². The van der Waals surface area contributed by atoms with Crippen molar-refractivity contribution in [2.75, 3.05) is 0 Å². The van der Waals surface area contributed by atoms with Crippen LogP contribution in [0, 0.1) is 11.6 Å². The summed E-state index contributed by atoms with van der Waals surface area (Å²) in [5.74, 6) is -1.12. The topological polar surface area (TPSA) is 82.9 Å². The van der Waals surface area contributed by atoms with Crippen molar-refractivity contribution in [3.05, 3.63) is 71.3 Å². The second-order valence-corrected chi connectivity index (χ2v) is 6.25. The summed E-state index contributed by atoms with van der Waals surface area (Å²) >= 11 is 0. The van der Waals surface area contributed by atoms with Crippen LogP contribution in [0.5, 0.6) is 0 Å². The van der Waals surface area contributed by atoms with Crippen LogP contribution in [0.4, 0.5) is 8.78 Å². The minimum atomic E-state index is -0.334. The molecule has 8 heteroatoms. The predicted molar refractivity (Wildman–Crippen MR) is 107 cm³/mol. The van der Waals surface area contributed by atoms with Crippen LogP contribution in [0.15, 0.2) is 58.7 Å². The second kappa shape index (κ2) is 12.1. The number of nitrogens with zero attached hydrogens (tertiary/aromatic N) is 2. The van der Waals surface area contributed by atoms with Crippen LogP contribution in [0.1, 0.15) is 43.2 Å². The van der Waals surface area contributed by atoms with Gasteiger partial charge in [0.15, 0.2) is 0 Å². The number of benzene rings is 2. The van der Waals surface area contributed by atoms with E-state index in [0.29, 0.717) is 43.2 Å². The number of hydrogen-bond acceptors (Lipinski definition) is 4. The number of carbonyl (C=O) groups is 2. The molecular weight excluding hydrogens is 378 g/mol. The van der Waals surface area contributed by atoms with E-state index in [1.807, 2.05) is 0 Å². The molecule has 0 aliphatic carbocycles. The van der Waals surface area contributed by atoms with Gasteiger partial charge >= 0.3 is 0 Å². The highest BCUT2D eigenvalue weighted by Crippen LogP contribution is 2.04. The van der Waals surface area contributed by atoms with E-state index in [4.69, 9.17) is 0 Å². The van der Waals surface area contributed by atoms with Crippen LogP contribution in [-0.4, -0.2) is 24.2 Å². The summed E-state index contributed by atoms with van der Waals surface area (Å²) in [5, 5.41) is 7.63. The number of nitrogens with one attached hydrogen (secondary N) is 2. The summed E-state index contributed by atoms with van der Waals surface area (Å²) < 4.78 is 25.6. The summed E-state index contributed by atoms with van der Waals surface area (Å²) in [4.78, 5) is 23.3. The Labute approximate surface area is 167 Å². The maximum absolute atomic E-state index is 12.8. The molecule has 2 N–H and O–H groups in total. The van der Waals surface area contributed by atoms with E-state index in [0.717, 1.165) is 0 Å². The molecule has 0 aliphatic rings. The van der Waals surface area contributed by atoms with Crippen LogP contribution in [0.2, 0.25) is 0 Å². The van der Waals surface area contributed by atoms with E-state index in [1.165, 1.54) is 36.7 Å². The Morgan fingerprint density at radius 2 is 1.07 bits per heavy atom. The average molecular weight is 400 g/mol. The zero-order chi connectivity index (χ0) is 20.9. The van der Waals surface area contributed by atoms with Crippen molar-refractivity contribution in [3.8, 4) is 0 Å². The minimum Gasteiger partial charge on any atom is -0.273 e. The van der Waals surface area contributed by atoms with Gasteiger partial charge in [-0.1, -0.05) is 30.7 Å². The minimum absolute atomic E-state index is 0.225. The molecule has 2 amide bonds. The van der Waals surface area contributed by atoms with Crippen molar-refractivity contribution in [2.24, 2.45) is 10.2 Å². The first-order valence-corrected chi connectivity index (χ1v) is 9.18. The summed E-state index contributed by atoms with van der Waals surface area (Å²) in [6.07, 6.45) is 5.44. The van der Waals surface area contributed by atoms with E-state index in [2.05, 4.69) is 21.1 Å². The molecule has 0 aliphatic heterocycles. The molecule has 0 aromatic heterocycles. The van der Waals surface area contributed by atoms with Gasteiger partial charge in [0.05, 0.1) is 12.4 Å². The molecule has 0 spiro atoms. The third kappa shape index (κ3) is 9.37. The molecule has 0 saturated heterocycles. The molecular formula is C21H22F2N4O2. The highest BCUT2D eigenvalue weighted by atomic mass is 19.1. The van der Waals surface area contributed by atoms with Crippen molar-refractivity contribution >= 4 is 24.2 Å². The average Bonchev–Trinajstić information content (AvgIpc) is 2.71.